The minimum Gasteiger partial charge on any atom is -0.369 e. The molecule has 0 amide bonds. The fraction of sp³-hybridized carbons (Fsp3) is 0.280. The zero-order valence-electron chi connectivity index (χ0n) is 19.3. The number of benzene rings is 2. The summed E-state index contributed by atoms with van der Waals surface area (Å²) in [5.41, 5.74) is 6.41. The monoisotopic (exact) mass is 697 g/mol. The number of nitrogens with one attached hydrogen (secondary N) is 3. The molecule has 7 nitrogen and oxygen atoms in total. The molecule has 2 aromatic heterocycles. The van der Waals surface area contributed by atoms with Crippen LogP contribution < -0.4 is 16.9 Å². The Morgan fingerprint density at radius 1 is 1.06 bits per heavy atom. The van der Waals surface area contributed by atoms with Crippen molar-refractivity contribution in [2.24, 2.45) is 0 Å². The van der Waals surface area contributed by atoms with E-state index >= 15 is 4.39 Å². The molecule has 2 aromatic carbocycles. The van der Waals surface area contributed by atoms with Crippen LogP contribution in [-0.2, 0) is 12.8 Å². The van der Waals surface area contributed by atoms with Crippen LogP contribution >= 0.6 is 45.7 Å². The van der Waals surface area contributed by atoms with Crippen LogP contribution in [0.3, 0.4) is 0 Å². The van der Waals surface area contributed by atoms with Gasteiger partial charge in [0, 0.05) is 54.2 Å². The number of fused-ring (bicyclic) bond motifs is 1. The van der Waals surface area contributed by atoms with Gasteiger partial charge in [0.05, 0.1) is 51.4 Å². The first-order chi connectivity index (χ1) is 17.0. The highest BCUT2D eigenvalue weighted by Crippen LogP contribution is 2.35. The number of aryl methyl sites for hydroxylation is 3. The van der Waals surface area contributed by atoms with Crippen molar-refractivity contribution >= 4 is 79.5 Å². The number of H-pyrrole nitrogens is 1. The van der Waals surface area contributed by atoms with Crippen molar-refractivity contribution in [1.29, 1.82) is 0 Å². The number of aromatic nitrogens is 3. The van der Waals surface area contributed by atoms with Crippen molar-refractivity contribution in [2.75, 3.05) is 37.7 Å². The number of aromatic amines is 1. The summed E-state index contributed by atoms with van der Waals surface area (Å²) in [6.45, 7) is 5.99. The van der Waals surface area contributed by atoms with Crippen molar-refractivity contribution in [3.05, 3.63) is 71.6 Å². The fourth-order valence-electron chi connectivity index (χ4n) is 4.48. The van der Waals surface area contributed by atoms with Crippen LogP contribution in [0.15, 0.2) is 48.8 Å². The van der Waals surface area contributed by atoms with E-state index in [0.717, 1.165) is 60.3 Å². The van der Waals surface area contributed by atoms with Crippen LogP contribution in [-0.4, -0.2) is 41.1 Å². The molecule has 1 fully saturated rings. The molecule has 5 rings (SSSR count). The predicted octanol–water partition coefficient (Wildman–Crippen LogP) is 5.85. The van der Waals surface area contributed by atoms with E-state index in [9.17, 15) is 0 Å². The molecule has 1 saturated heterocycles. The van der Waals surface area contributed by atoms with Gasteiger partial charge < -0.3 is 20.5 Å². The predicted molar refractivity (Wildman–Crippen MR) is 158 cm³/mol. The number of nitrogens with zero attached hydrogens (tertiary/aromatic N) is 4. The zero-order chi connectivity index (χ0) is 24.4. The molecule has 4 aromatic rings. The maximum atomic E-state index is 15.1. The van der Waals surface area contributed by atoms with E-state index in [1.54, 1.807) is 6.33 Å². The average Bonchev–Trinajstić information content (AvgIpc) is 3.26. The molecule has 35 heavy (non-hydrogen) atoms. The Kier molecular flexibility index (Phi) is 7.58. The SMILES string of the molecule is Cc1cc2c(F)c(CCc3ncnc(Nc4ccc(N5CCNCC5)cc4)c3N(I)I)ccc2[nH]1. The minimum atomic E-state index is -0.161. The molecule has 0 atom stereocenters. The van der Waals surface area contributed by atoms with E-state index in [4.69, 9.17) is 0 Å². The third-order valence-corrected chi connectivity index (χ3v) is 7.23. The maximum Gasteiger partial charge on any atom is 0.159 e. The molecular formula is C25H26FI2N7. The molecule has 182 valence electrons. The lowest BCUT2D eigenvalue weighted by molar-refractivity contribution is 0.589. The Morgan fingerprint density at radius 3 is 2.57 bits per heavy atom. The summed E-state index contributed by atoms with van der Waals surface area (Å²) in [5, 5.41) is 7.47. The van der Waals surface area contributed by atoms with Crippen LogP contribution in [0.4, 0.5) is 27.3 Å². The fourth-order valence-corrected chi connectivity index (χ4v) is 5.50. The van der Waals surface area contributed by atoms with Crippen molar-refractivity contribution < 1.29 is 4.39 Å². The molecule has 1 aliphatic heterocycles. The van der Waals surface area contributed by atoms with E-state index in [0.29, 0.717) is 23.8 Å². The molecule has 3 heterocycles. The normalized spacial score (nSPS) is 13.9. The lowest BCUT2D eigenvalue weighted by atomic mass is 10.0. The second kappa shape index (κ2) is 10.8. The summed E-state index contributed by atoms with van der Waals surface area (Å²) < 4.78 is 17.0. The van der Waals surface area contributed by atoms with E-state index in [-0.39, 0.29) is 5.82 Å². The summed E-state index contributed by atoms with van der Waals surface area (Å²) >= 11 is 4.44. The molecule has 0 unspecified atom stereocenters. The lowest BCUT2D eigenvalue weighted by Crippen LogP contribution is -2.43. The molecular weight excluding hydrogens is 671 g/mol. The Morgan fingerprint density at radius 2 is 1.83 bits per heavy atom. The lowest BCUT2D eigenvalue weighted by Gasteiger charge is -2.29. The zero-order valence-corrected chi connectivity index (χ0v) is 23.6. The van der Waals surface area contributed by atoms with Crippen molar-refractivity contribution in [3.8, 4) is 0 Å². The maximum absolute atomic E-state index is 15.1. The van der Waals surface area contributed by atoms with Crippen molar-refractivity contribution in [1.82, 2.24) is 20.3 Å². The highest BCUT2D eigenvalue weighted by molar-refractivity contribution is 14.2. The molecule has 0 spiro atoms. The summed E-state index contributed by atoms with van der Waals surface area (Å²) in [6, 6.07) is 14.1. The van der Waals surface area contributed by atoms with Gasteiger partial charge in [-0.15, -0.1) is 0 Å². The molecule has 0 radical (unpaired) electrons. The standard InChI is InChI=1S/C25H26FI2N7/c1-16-14-20-21(32-16)8-2-17(23(20)26)3-9-22-24(35(27)28)25(31-15-30-22)33-18-4-6-19(7-5-18)34-12-10-29-11-13-34/h2,4-8,14-15,29,32H,3,9-13H2,1H3,(H,30,31,33). The van der Waals surface area contributed by atoms with Gasteiger partial charge in [-0.2, -0.15) is 0 Å². The van der Waals surface area contributed by atoms with Crippen molar-refractivity contribution in [2.45, 2.75) is 19.8 Å². The van der Waals surface area contributed by atoms with E-state index < -0.39 is 0 Å². The largest absolute Gasteiger partial charge is 0.369 e. The van der Waals surface area contributed by atoms with Crippen LogP contribution in [0, 0.1) is 12.7 Å². The first kappa shape index (κ1) is 24.5. The summed E-state index contributed by atoms with van der Waals surface area (Å²) in [7, 11) is 0. The Hall–Kier alpha value is -2.19. The Balaban J connectivity index is 1.35. The molecule has 0 saturated carbocycles. The van der Waals surface area contributed by atoms with E-state index in [2.05, 4.69) is 100 Å². The third kappa shape index (κ3) is 5.48. The quantitative estimate of drug-likeness (QED) is 0.167. The number of halogens is 3. The van der Waals surface area contributed by atoms with Gasteiger partial charge in [0.15, 0.2) is 5.82 Å². The molecule has 3 N–H and O–H groups in total. The Bertz CT molecular complexity index is 1320. The smallest absolute Gasteiger partial charge is 0.159 e. The van der Waals surface area contributed by atoms with Gasteiger partial charge in [0.1, 0.15) is 17.8 Å². The number of hydrogen-bond acceptors (Lipinski definition) is 6. The topological polar surface area (TPSA) is 72.1 Å². The summed E-state index contributed by atoms with van der Waals surface area (Å²) in [6.07, 6.45) is 2.72. The first-order valence-corrected chi connectivity index (χ1v) is 13.5. The van der Waals surface area contributed by atoms with Crippen LogP contribution in [0.1, 0.15) is 17.0 Å². The number of anilines is 4. The van der Waals surface area contributed by atoms with E-state index in [1.165, 1.54) is 5.69 Å². The van der Waals surface area contributed by atoms with Crippen LogP contribution in [0.2, 0.25) is 0 Å². The average molecular weight is 697 g/mol. The van der Waals surface area contributed by atoms with Gasteiger partial charge >= 0.3 is 0 Å². The van der Waals surface area contributed by atoms with Crippen LogP contribution in [0.25, 0.3) is 10.9 Å². The van der Waals surface area contributed by atoms with Gasteiger partial charge in [0.2, 0.25) is 0 Å². The van der Waals surface area contributed by atoms with Gasteiger partial charge in [0.25, 0.3) is 0 Å². The van der Waals surface area contributed by atoms with Gasteiger partial charge in [-0.25, -0.2) is 15.7 Å². The van der Waals surface area contributed by atoms with Crippen LogP contribution in [0.5, 0.6) is 0 Å². The van der Waals surface area contributed by atoms with Gasteiger partial charge in [-0.05, 0) is 61.7 Å². The highest BCUT2D eigenvalue weighted by Gasteiger charge is 2.18. The molecule has 1 aliphatic rings. The molecule has 0 bridgehead atoms. The van der Waals surface area contributed by atoms with Crippen molar-refractivity contribution in [3.63, 3.8) is 0 Å². The Labute approximate surface area is 231 Å². The van der Waals surface area contributed by atoms with Gasteiger partial charge in [-0.1, -0.05) is 6.07 Å². The third-order valence-electron chi connectivity index (χ3n) is 6.26. The first-order valence-electron chi connectivity index (χ1n) is 11.5. The second-order valence-corrected chi connectivity index (χ2v) is 12.4. The second-order valence-electron chi connectivity index (χ2n) is 8.61. The number of hydrogen-bond donors (Lipinski definition) is 3. The summed E-state index contributed by atoms with van der Waals surface area (Å²) in [5.74, 6) is 0.567. The number of rotatable bonds is 7. The highest BCUT2D eigenvalue weighted by atomic mass is 127. The molecule has 0 aliphatic carbocycles. The van der Waals surface area contributed by atoms with E-state index in [1.807, 2.05) is 26.4 Å². The van der Waals surface area contributed by atoms with Gasteiger partial charge in [-0.3, -0.25) is 0 Å². The summed E-state index contributed by atoms with van der Waals surface area (Å²) in [4.78, 5) is 14.6. The molecule has 10 heteroatoms. The minimum absolute atomic E-state index is 0.161. The number of piperazine rings is 1.